The fourth-order valence-corrected chi connectivity index (χ4v) is 1.25. The summed E-state index contributed by atoms with van der Waals surface area (Å²) in [5, 5.41) is 9.11. The van der Waals surface area contributed by atoms with Crippen LogP contribution in [0.15, 0.2) is 12.1 Å². The Morgan fingerprint density at radius 1 is 1.28 bits per heavy atom. The topological polar surface area (TPSA) is 40.5 Å². The third-order valence-electron chi connectivity index (χ3n) is 2.83. The normalized spacial score (nSPS) is 11.5. The molecule has 0 aliphatic heterocycles. The minimum Gasteiger partial charge on any atom is -0.394 e. The quantitative estimate of drug-likeness (QED) is 0.845. The summed E-state index contributed by atoms with van der Waals surface area (Å²) in [4.78, 5) is 13.1. The number of halogens is 3. The minimum atomic E-state index is -1.62. The van der Waals surface area contributed by atoms with E-state index in [0.29, 0.717) is 12.1 Å². The number of hydrogen-bond donors (Lipinski definition) is 1. The van der Waals surface area contributed by atoms with Crippen LogP contribution >= 0.6 is 0 Å². The molecule has 0 aliphatic rings. The van der Waals surface area contributed by atoms with Crippen LogP contribution < -0.4 is 0 Å². The lowest BCUT2D eigenvalue weighted by Crippen LogP contribution is -2.47. The van der Waals surface area contributed by atoms with Crippen molar-refractivity contribution in [3.8, 4) is 0 Å². The first kappa shape index (κ1) is 14.5. The molecule has 1 rings (SSSR count). The predicted molar refractivity (Wildman–Crippen MR) is 59.6 cm³/mol. The third-order valence-corrected chi connectivity index (χ3v) is 2.83. The largest absolute Gasteiger partial charge is 0.394 e. The molecule has 6 heteroatoms. The van der Waals surface area contributed by atoms with Crippen LogP contribution in [0.3, 0.4) is 0 Å². The Labute approximate surface area is 103 Å². The van der Waals surface area contributed by atoms with E-state index in [2.05, 4.69) is 0 Å². The van der Waals surface area contributed by atoms with E-state index in [1.54, 1.807) is 13.8 Å². The molecule has 1 N–H and O–H groups in total. The summed E-state index contributed by atoms with van der Waals surface area (Å²) >= 11 is 0. The van der Waals surface area contributed by atoms with Crippen LogP contribution in [0.4, 0.5) is 13.2 Å². The van der Waals surface area contributed by atoms with Gasteiger partial charge in [0.05, 0.1) is 12.1 Å². The average molecular weight is 261 g/mol. The van der Waals surface area contributed by atoms with Gasteiger partial charge in [0.2, 0.25) is 0 Å². The first-order chi connectivity index (χ1) is 8.20. The molecule has 3 nitrogen and oxygen atoms in total. The number of benzene rings is 1. The number of likely N-dealkylation sites (N-methyl/N-ethyl adjacent to an activating group) is 1. The summed E-state index contributed by atoms with van der Waals surface area (Å²) < 4.78 is 38.8. The number of nitrogens with zero attached hydrogens (tertiary/aromatic N) is 1. The van der Waals surface area contributed by atoms with Crippen molar-refractivity contribution in [1.29, 1.82) is 0 Å². The van der Waals surface area contributed by atoms with E-state index in [-0.39, 0.29) is 12.2 Å². The van der Waals surface area contributed by atoms with Gasteiger partial charge in [0.15, 0.2) is 17.5 Å². The van der Waals surface area contributed by atoms with Crippen molar-refractivity contribution in [2.75, 3.05) is 13.7 Å². The Balaban J connectivity index is 3.12. The molecule has 0 heterocycles. The molecule has 18 heavy (non-hydrogen) atoms. The maximum atomic E-state index is 13.0. The minimum absolute atomic E-state index is 0.310. The maximum Gasteiger partial charge on any atom is 0.254 e. The van der Waals surface area contributed by atoms with E-state index in [1.807, 2.05) is 0 Å². The Kier molecular flexibility index (Phi) is 4.01. The number of amides is 1. The molecule has 0 spiro atoms. The molecule has 0 unspecified atom stereocenters. The molecular formula is C12H14F3NO2. The standard InChI is InChI=1S/C12H14F3NO2/c1-12(2,6-17)16(3)11(18)7-4-8(13)10(15)9(14)5-7/h4-5,17H,6H2,1-3H3. The van der Waals surface area contributed by atoms with Gasteiger partial charge in [0, 0.05) is 12.6 Å². The van der Waals surface area contributed by atoms with Crippen LogP contribution in [0.1, 0.15) is 24.2 Å². The first-order valence-electron chi connectivity index (χ1n) is 5.24. The smallest absolute Gasteiger partial charge is 0.254 e. The lowest BCUT2D eigenvalue weighted by Gasteiger charge is -2.34. The molecule has 0 saturated heterocycles. The van der Waals surface area contributed by atoms with Gasteiger partial charge in [0.25, 0.3) is 5.91 Å². The molecule has 100 valence electrons. The molecule has 0 fully saturated rings. The van der Waals surface area contributed by atoms with Crippen molar-refractivity contribution in [3.05, 3.63) is 35.1 Å². The van der Waals surface area contributed by atoms with Gasteiger partial charge in [-0.25, -0.2) is 13.2 Å². The number of carbonyl (C=O) groups is 1. The highest BCUT2D eigenvalue weighted by Gasteiger charge is 2.28. The predicted octanol–water partition coefficient (Wildman–Crippen LogP) is 1.95. The zero-order valence-corrected chi connectivity index (χ0v) is 10.3. The van der Waals surface area contributed by atoms with Crippen molar-refractivity contribution >= 4 is 5.91 Å². The number of hydrogen-bond acceptors (Lipinski definition) is 2. The lowest BCUT2D eigenvalue weighted by molar-refractivity contribution is 0.0472. The van der Waals surface area contributed by atoms with Crippen molar-refractivity contribution < 1.29 is 23.1 Å². The fourth-order valence-electron chi connectivity index (χ4n) is 1.25. The Morgan fingerprint density at radius 3 is 2.11 bits per heavy atom. The van der Waals surface area contributed by atoms with Crippen LogP contribution in [0, 0.1) is 17.5 Å². The number of carbonyl (C=O) groups excluding carboxylic acids is 1. The van der Waals surface area contributed by atoms with E-state index in [9.17, 15) is 18.0 Å². The van der Waals surface area contributed by atoms with E-state index >= 15 is 0 Å². The third kappa shape index (κ3) is 2.64. The van der Waals surface area contributed by atoms with Gasteiger partial charge in [0.1, 0.15) is 0 Å². The summed E-state index contributed by atoms with van der Waals surface area (Å²) in [7, 11) is 1.39. The van der Waals surface area contributed by atoms with Gasteiger partial charge >= 0.3 is 0 Å². The van der Waals surface area contributed by atoms with Crippen LogP contribution in [-0.2, 0) is 0 Å². The Bertz CT molecular complexity index is 451. The van der Waals surface area contributed by atoms with Gasteiger partial charge < -0.3 is 10.0 Å². The molecular weight excluding hydrogens is 247 g/mol. The Morgan fingerprint density at radius 2 is 1.72 bits per heavy atom. The van der Waals surface area contributed by atoms with Crippen molar-refractivity contribution in [2.45, 2.75) is 19.4 Å². The molecule has 0 radical (unpaired) electrons. The monoisotopic (exact) mass is 261 g/mol. The molecule has 1 aromatic rings. The summed E-state index contributed by atoms with van der Waals surface area (Å²) in [6.45, 7) is 2.85. The maximum absolute atomic E-state index is 13.0. The Hall–Kier alpha value is -1.56. The molecule has 0 atom stereocenters. The summed E-state index contributed by atoms with van der Waals surface area (Å²) in [5.41, 5.74) is -1.20. The molecule has 0 aromatic heterocycles. The molecule has 0 aliphatic carbocycles. The zero-order valence-electron chi connectivity index (χ0n) is 10.3. The number of aliphatic hydroxyl groups is 1. The fraction of sp³-hybridized carbons (Fsp3) is 0.417. The summed E-state index contributed by atoms with van der Waals surface area (Å²) in [6, 6.07) is 1.26. The SMILES string of the molecule is CN(C(=O)c1cc(F)c(F)c(F)c1)C(C)(C)CO. The number of aliphatic hydroxyl groups excluding tert-OH is 1. The first-order valence-corrected chi connectivity index (χ1v) is 5.24. The van der Waals surface area contributed by atoms with E-state index in [4.69, 9.17) is 5.11 Å². The highest BCUT2D eigenvalue weighted by atomic mass is 19.2. The van der Waals surface area contributed by atoms with E-state index in [1.165, 1.54) is 7.05 Å². The van der Waals surface area contributed by atoms with Crippen molar-refractivity contribution in [2.24, 2.45) is 0 Å². The van der Waals surface area contributed by atoms with Crippen LogP contribution in [-0.4, -0.2) is 35.1 Å². The highest BCUT2D eigenvalue weighted by Crippen LogP contribution is 2.18. The highest BCUT2D eigenvalue weighted by molar-refractivity contribution is 5.94. The lowest BCUT2D eigenvalue weighted by atomic mass is 10.0. The van der Waals surface area contributed by atoms with Gasteiger partial charge in [-0.15, -0.1) is 0 Å². The molecule has 0 bridgehead atoms. The van der Waals surface area contributed by atoms with Gasteiger partial charge in [-0.3, -0.25) is 4.79 Å². The summed E-state index contributed by atoms with van der Waals surface area (Å²) in [6.07, 6.45) is 0. The second-order valence-corrected chi connectivity index (χ2v) is 4.59. The summed E-state index contributed by atoms with van der Waals surface area (Å²) in [5.74, 6) is -5.16. The van der Waals surface area contributed by atoms with Crippen molar-refractivity contribution in [1.82, 2.24) is 4.90 Å². The van der Waals surface area contributed by atoms with Gasteiger partial charge in [-0.05, 0) is 26.0 Å². The zero-order chi connectivity index (χ0) is 14.1. The van der Waals surface area contributed by atoms with E-state index in [0.717, 1.165) is 4.90 Å². The van der Waals surface area contributed by atoms with Crippen LogP contribution in [0.2, 0.25) is 0 Å². The molecule has 0 saturated carbocycles. The number of rotatable bonds is 3. The van der Waals surface area contributed by atoms with Crippen LogP contribution in [0.25, 0.3) is 0 Å². The van der Waals surface area contributed by atoms with Crippen LogP contribution in [0.5, 0.6) is 0 Å². The molecule has 1 aromatic carbocycles. The second-order valence-electron chi connectivity index (χ2n) is 4.59. The average Bonchev–Trinajstić information content (AvgIpc) is 2.33. The second kappa shape index (κ2) is 4.97. The van der Waals surface area contributed by atoms with Gasteiger partial charge in [-0.2, -0.15) is 0 Å². The van der Waals surface area contributed by atoms with Crippen molar-refractivity contribution in [3.63, 3.8) is 0 Å². The van der Waals surface area contributed by atoms with E-state index < -0.39 is 28.9 Å². The van der Waals surface area contributed by atoms with Gasteiger partial charge in [-0.1, -0.05) is 0 Å². The molecule has 1 amide bonds.